The second-order valence-corrected chi connectivity index (χ2v) is 3.22. The van der Waals surface area contributed by atoms with Crippen molar-refractivity contribution in [3.05, 3.63) is 60.2 Å². The molecule has 0 aliphatic carbocycles. The predicted molar refractivity (Wildman–Crippen MR) is 61.0 cm³/mol. The fourth-order valence-corrected chi connectivity index (χ4v) is 1.26. The van der Waals surface area contributed by atoms with Gasteiger partial charge in [0.1, 0.15) is 11.7 Å². The maximum absolute atomic E-state index is 12.9. The van der Waals surface area contributed by atoms with E-state index >= 15 is 0 Å². The van der Waals surface area contributed by atoms with Gasteiger partial charge in [-0.15, -0.1) is 0 Å². The summed E-state index contributed by atoms with van der Waals surface area (Å²) in [6.45, 7) is 0. The van der Waals surface area contributed by atoms with Crippen LogP contribution >= 0.6 is 0 Å². The maximum atomic E-state index is 12.9. The Hall–Kier alpha value is -2.23. The van der Waals surface area contributed by atoms with Crippen LogP contribution in [0.3, 0.4) is 0 Å². The van der Waals surface area contributed by atoms with Gasteiger partial charge < -0.3 is 5.73 Å². The normalized spacial score (nSPS) is 11.4. The maximum Gasteiger partial charge on any atom is 0.132 e. The summed E-state index contributed by atoms with van der Waals surface area (Å²) in [6, 6.07) is 9.52. The summed E-state index contributed by atoms with van der Waals surface area (Å²) in [6.07, 6.45) is 3.26. The Labute approximate surface area is 92.5 Å². The number of benzene rings is 1. The lowest BCUT2D eigenvalue weighted by Crippen LogP contribution is -2.12. The van der Waals surface area contributed by atoms with Crippen molar-refractivity contribution < 1.29 is 4.39 Å². The number of pyridine rings is 1. The second-order valence-electron chi connectivity index (χ2n) is 3.22. The Bertz CT molecular complexity index is 509. The molecule has 0 amide bonds. The minimum atomic E-state index is -0.333. The third-order valence-electron chi connectivity index (χ3n) is 2.02. The summed E-state index contributed by atoms with van der Waals surface area (Å²) in [5, 5.41) is 0. The van der Waals surface area contributed by atoms with Gasteiger partial charge in [-0.3, -0.25) is 4.98 Å². The first kappa shape index (κ1) is 10.3. The molecule has 80 valence electrons. The van der Waals surface area contributed by atoms with E-state index in [0.29, 0.717) is 17.1 Å². The lowest BCUT2D eigenvalue weighted by atomic mass is 10.2. The van der Waals surface area contributed by atoms with Gasteiger partial charge in [-0.2, -0.15) is 0 Å². The molecule has 1 aromatic carbocycles. The van der Waals surface area contributed by atoms with Crippen molar-refractivity contribution >= 4 is 11.5 Å². The number of halogens is 1. The van der Waals surface area contributed by atoms with E-state index in [-0.39, 0.29) is 5.82 Å². The largest absolute Gasteiger partial charge is 0.383 e. The highest BCUT2D eigenvalue weighted by molar-refractivity contribution is 5.98. The number of nitrogens with zero attached hydrogens (tertiary/aromatic N) is 2. The molecule has 0 aliphatic rings. The number of hydrogen-bond donors (Lipinski definition) is 1. The Morgan fingerprint density at radius 3 is 2.81 bits per heavy atom. The summed E-state index contributed by atoms with van der Waals surface area (Å²) in [7, 11) is 0. The van der Waals surface area contributed by atoms with Gasteiger partial charge in [0.05, 0.1) is 5.69 Å². The molecule has 2 N–H and O–H groups in total. The number of nitrogens with two attached hydrogens (primary N) is 1. The Kier molecular flexibility index (Phi) is 2.91. The van der Waals surface area contributed by atoms with Gasteiger partial charge >= 0.3 is 0 Å². The monoisotopic (exact) mass is 215 g/mol. The zero-order valence-corrected chi connectivity index (χ0v) is 8.47. The third kappa shape index (κ3) is 2.42. The van der Waals surface area contributed by atoms with Crippen LogP contribution in [0.5, 0.6) is 0 Å². The molecule has 0 unspecified atom stereocenters. The molecule has 0 aliphatic heterocycles. The molecule has 0 atom stereocenters. The van der Waals surface area contributed by atoms with E-state index < -0.39 is 0 Å². The molecule has 0 fully saturated rings. The van der Waals surface area contributed by atoms with Crippen LogP contribution in [0.1, 0.15) is 5.56 Å². The highest BCUT2D eigenvalue weighted by Gasteiger charge is 1.98. The molecule has 0 saturated heterocycles. The molecule has 16 heavy (non-hydrogen) atoms. The van der Waals surface area contributed by atoms with Crippen LogP contribution in [0.25, 0.3) is 0 Å². The zero-order chi connectivity index (χ0) is 11.4. The van der Waals surface area contributed by atoms with E-state index in [1.165, 1.54) is 12.1 Å². The molecule has 3 nitrogen and oxygen atoms in total. The molecule has 0 saturated carbocycles. The topological polar surface area (TPSA) is 51.3 Å². The van der Waals surface area contributed by atoms with Crippen molar-refractivity contribution in [2.24, 2.45) is 10.7 Å². The Morgan fingerprint density at radius 2 is 2.12 bits per heavy atom. The van der Waals surface area contributed by atoms with Crippen LogP contribution < -0.4 is 5.73 Å². The first-order valence-corrected chi connectivity index (χ1v) is 4.76. The van der Waals surface area contributed by atoms with Gasteiger partial charge in [-0.05, 0) is 30.3 Å². The van der Waals surface area contributed by atoms with Crippen LogP contribution in [0.2, 0.25) is 0 Å². The van der Waals surface area contributed by atoms with E-state index in [1.54, 1.807) is 36.7 Å². The first-order chi connectivity index (χ1) is 7.75. The zero-order valence-electron chi connectivity index (χ0n) is 8.47. The SMILES string of the molecule is NC(=Nc1cccc(F)c1)c1cccnc1. The highest BCUT2D eigenvalue weighted by Crippen LogP contribution is 2.13. The number of hydrogen-bond acceptors (Lipinski definition) is 2. The number of aromatic nitrogens is 1. The van der Waals surface area contributed by atoms with Crippen molar-refractivity contribution in [3.63, 3.8) is 0 Å². The summed E-state index contributed by atoms with van der Waals surface area (Å²) in [5.41, 5.74) is 6.97. The van der Waals surface area contributed by atoms with E-state index in [9.17, 15) is 4.39 Å². The van der Waals surface area contributed by atoms with Gasteiger partial charge in [-0.25, -0.2) is 9.38 Å². The predicted octanol–water partition coefficient (Wildman–Crippen LogP) is 2.26. The molecule has 1 heterocycles. The van der Waals surface area contributed by atoms with Crippen LogP contribution in [0.4, 0.5) is 10.1 Å². The van der Waals surface area contributed by atoms with Crippen LogP contribution in [0, 0.1) is 5.82 Å². The molecule has 2 aromatic rings. The van der Waals surface area contributed by atoms with Crippen LogP contribution in [-0.2, 0) is 0 Å². The summed E-state index contributed by atoms with van der Waals surface area (Å²) in [5.74, 6) is -0.0149. The average molecular weight is 215 g/mol. The van der Waals surface area contributed by atoms with Gasteiger partial charge in [0.2, 0.25) is 0 Å². The van der Waals surface area contributed by atoms with Crippen LogP contribution in [0.15, 0.2) is 53.8 Å². The Morgan fingerprint density at radius 1 is 1.25 bits per heavy atom. The van der Waals surface area contributed by atoms with Crippen molar-refractivity contribution in [2.45, 2.75) is 0 Å². The smallest absolute Gasteiger partial charge is 0.132 e. The number of rotatable bonds is 2. The van der Waals surface area contributed by atoms with Crippen molar-refractivity contribution in [1.82, 2.24) is 4.98 Å². The standard InChI is InChI=1S/C12H10FN3/c13-10-4-1-5-11(7-10)16-12(14)9-3-2-6-15-8-9/h1-8H,(H2,14,16). The molecule has 0 spiro atoms. The van der Waals surface area contributed by atoms with Crippen LogP contribution in [-0.4, -0.2) is 10.8 Å². The quantitative estimate of drug-likeness (QED) is 0.617. The second kappa shape index (κ2) is 4.53. The lowest BCUT2D eigenvalue weighted by Gasteiger charge is -2.00. The van der Waals surface area contributed by atoms with E-state index in [1.807, 2.05) is 0 Å². The molecule has 4 heteroatoms. The summed E-state index contributed by atoms with van der Waals surface area (Å²) >= 11 is 0. The molecule has 0 radical (unpaired) electrons. The summed E-state index contributed by atoms with van der Waals surface area (Å²) < 4.78 is 12.9. The average Bonchev–Trinajstić information content (AvgIpc) is 2.30. The van der Waals surface area contributed by atoms with E-state index in [4.69, 9.17) is 5.73 Å². The van der Waals surface area contributed by atoms with E-state index in [2.05, 4.69) is 9.98 Å². The first-order valence-electron chi connectivity index (χ1n) is 4.76. The fraction of sp³-hybridized carbons (Fsp3) is 0. The number of amidine groups is 1. The summed E-state index contributed by atoms with van der Waals surface area (Å²) in [4.78, 5) is 8.03. The minimum absolute atomic E-state index is 0.318. The molecule has 2 rings (SSSR count). The Balaban J connectivity index is 2.32. The van der Waals surface area contributed by atoms with Gasteiger partial charge in [0.25, 0.3) is 0 Å². The van der Waals surface area contributed by atoms with Crippen molar-refractivity contribution in [1.29, 1.82) is 0 Å². The lowest BCUT2D eigenvalue weighted by molar-refractivity contribution is 0.628. The van der Waals surface area contributed by atoms with Crippen molar-refractivity contribution in [2.75, 3.05) is 0 Å². The van der Waals surface area contributed by atoms with Gasteiger partial charge in [0, 0.05) is 18.0 Å². The minimum Gasteiger partial charge on any atom is -0.383 e. The molecular formula is C12H10FN3. The van der Waals surface area contributed by atoms with Gasteiger partial charge in [0.15, 0.2) is 0 Å². The number of aliphatic imine (C=N–C) groups is 1. The fourth-order valence-electron chi connectivity index (χ4n) is 1.26. The molecular weight excluding hydrogens is 205 g/mol. The van der Waals surface area contributed by atoms with E-state index in [0.717, 1.165) is 0 Å². The highest BCUT2D eigenvalue weighted by atomic mass is 19.1. The van der Waals surface area contributed by atoms with Crippen molar-refractivity contribution in [3.8, 4) is 0 Å². The molecule has 1 aromatic heterocycles. The van der Waals surface area contributed by atoms with Gasteiger partial charge in [-0.1, -0.05) is 6.07 Å². The molecule has 0 bridgehead atoms. The third-order valence-corrected chi connectivity index (χ3v) is 2.02.